The summed E-state index contributed by atoms with van der Waals surface area (Å²) in [5.41, 5.74) is 18.9. The molecule has 8 nitrogen and oxygen atoms in total. The third-order valence-corrected chi connectivity index (χ3v) is 20.0. The van der Waals surface area contributed by atoms with Gasteiger partial charge >= 0.3 is 52.4 Å². The maximum absolute atomic E-state index is 11.2. The van der Waals surface area contributed by atoms with Crippen LogP contribution in [0.4, 0.5) is 0 Å². The Kier molecular flexibility index (Phi) is 46.0. The van der Waals surface area contributed by atoms with Gasteiger partial charge in [-0.1, -0.05) is 251 Å². The number of phenolic OH excluding ortho intramolecular Hbond substituents is 4. The molecular formula is C110H154N4O4Zr2+2. The molecule has 0 aliphatic heterocycles. The van der Waals surface area contributed by atoms with Gasteiger partial charge in [0.05, 0.1) is 0 Å². The first-order valence-electron chi connectivity index (χ1n) is 41.8. The van der Waals surface area contributed by atoms with Crippen LogP contribution in [0.25, 0.3) is 0 Å². The standard InChI is InChI=1S/2C34H56N2O2.6C7H7.2Zr/c2*1-31(2,3)25-17-23(29(37)27(19-25)33(7,8)9)21-35(13)15-16-36(14)22-24-18-26(32(4,5)6)20-28(30(24)38)34(10,11)12;6*1-7-5-3-2-4-6-7;;/h2*17-20,37-38H,15-16,21-22H2,1-14H3;6*2-6H,1H2;;/q;;6*-1;2*+4. The minimum Gasteiger partial charge on any atom is -0.507 e. The van der Waals surface area contributed by atoms with Crippen LogP contribution >= 0.6 is 0 Å². The second-order valence-corrected chi connectivity index (χ2v) is 40.0. The number of rotatable bonds is 14. The molecule has 0 spiro atoms. The molecule has 0 heterocycles. The second-order valence-electron chi connectivity index (χ2n) is 40.0. The largest absolute Gasteiger partial charge is 4.00 e. The summed E-state index contributed by atoms with van der Waals surface area (Å²) in [6.45, 7) is 81.1. The van der Waals surface area contributed by atoms with Gasteiger partial charge in [-0.15, -0.1) is 72.8 Å². The van der Waals surface area contributed by atoms with E-state index in [0.717, 1.165) is 104 Å². The molecule has 0 saturated carbocycles. The van der Waals surface area contributed by atoms with Gasteiger partial charge in [0.2, 0.25) is 0 Å². The van der Waals surface area contributed by atoms with E-state index in [1.54, 1.807) is 0 Å². The molecule has 10 heteroatoms. The minimum atomic E-state index is -0.131. The Morgan fingerprint density at radius 2 is 0.333 bits per heavy atom. The molecule has 644 valence electrons. The normalized spacial score (nSPS) is 11.6. The fraction of sp³-hybridized carbons (Fsp3) is 0.400. The van der Waals surface area contributed by atoms with Crippen LogP contribution in [0.3, 0.4) is 0 Å². The van der Waals surface area contributed by atoms with E-state index in [1.165, 1.54) is 22.3 Å². The fourth-order valence-electron chi connectivity index (χ4n) is 12.3. The number of hydrogen-bond acceptors (Lipinski definition) is 8. The summed E-state index contributed by atoms with van der Waals surface area (Å²) in [7, 11) is 8.46. The molecule has 0 saturated heterocycles. The molecule has 0 aliphatic rings. The summed E-state index contributed by atoms with van der Waals surface area (Å²) in [6.07, 6.45) is 0. The van der Waals surface area contributed by atoms with E-state index in [2.05, 4.69) is 304 Å². The summed E-state index contributed by atoms with van der Waals surface area (Å²) < 4.78 is 0. The molecule has 0 amide bonds. The van der Waals surface area contributed by atoms with Gasteiger partial charge in [-0.3, -0.25) is 0 Å². The fourth-order valence-corrected chi connectivity index (χ4v) is 12.3. The molecule has 0 aliphatic carbocycles. The van der Waals surface area contributed by atoms with Gasteiger partial charge in [-0.2, -0.15) is 148 Å². The Balaban J connectivity index is 0.000000794. The quantitative estimate of drug-likeness (QED) is 0.0801. The van der Waals surface area contributed by atoms with Crippen molar-refractivity contribution < 1.29 is 72.8 Å². The minimum absolute atomic E-state index is 0. The van der Waals surface area contributed by atoms with E-state index in [9.17, 15) is 20.4 Å². The number of nitrogens with zero attached hydrogens (tertiary/aromatic N) is 4. The van der Waals surface area contributed by atoms with E-state index < -0.39 is 0 Å². The van der Waals surface area contributed by atoms with E-state index in [1.807, 2.05) is 182 Å². The van der Waals surface area contributed by atoms with Crippen molar-refractivity contribution in [3.05, 3.63) is 372 Å². The Bertz CT molecular complexity index is 3860. The third kappa shape index (κ3) is 41.4. The topological polar surface area (TPSA) is 93.9 Å². The monoisotopic (exact) mass is 1780 g/mol. The number of benzene rings is 10. The number of likely N-dealkylation sites (N-methyl/N-ethyl adjacent to an activating group) is 4. The first kappa shape index (κ1) is 110. The van der Waals surface area contributed by atoms with Crippen LogP contribution in [0.2, 0.25) is 0 Å². The van der Waals surface area contributed by atoms with Crippen LogP contribution in [0, 0.1) is 41.5 Å². The molecule has 0 atom stereocenters. The van der Waals surface area contributed by atoms with Crippen molar-refractivity contribution in [2.24, 2.45) is 0 Å². The average molecular weight is 1780 g/mol. The molecule has 0 bridgehead atoms. The zero-order valence-electron chi connectivity index (χ0n) is 79.4. The maximum Gasteiger partial charge on any atom is 4.00 e. The zero-order chi connectivity index (χ0) is 89.5. The first-order valence-corrected chi connectivity index (χ1v) is 41.8. The van der Waals surface area contributed by atoms with Crippen molar-refractivity contribution in [1.82, 2.24) is 19.6 Å². The predicted octanol–water partition coefficient (Wildman–Crippen LogP) is 26.9. The van der Waals surface area contributed by atoms with Crippen molar-refractivity contribution in [2.45, 2.75) is 236 Å². The molecule has 10 aromatic carbocycles. The first-order chi connectivity index (χ1) is 54.4. The second kappa shape index (κ2) is 50.1. The van der Waals surface area contributed by atoms with Gasteiger partial charge in [-0.25, -0.2) is 0 Å². The molecule has 120 heavy (non-hydrogen) atoms. The summed E-state index contributed by atoms with van der Waals surface area (Å²) >= 11 is 0. The van der Waals surface area contributed by atoms with E-state index in [0.29, 0.717) is 49.2 Å². The molecule has 0 aromatic heterocycles. The molecule has 4 N–H and O–H groups in total. The molecule has 10 rings (SSSR count). The van der Waals surface area contributed by atoms with Crippen LogP contribution in [0.1, 0.15) is 266 Å². The average Bonchev–Trinajstić information content (AvgIpc) is 0.802. The maximum atomic E-state index is 11.2. The van der Waals surface area contributed by atoms with Gasteiger partial charge in [0.15, 0.2) is 0 Å². The van der Waals surface area contributed by atoms with Crippen molar-refractivity contribution in [3.8, 4) is 23.0 Å². The van der Waals surface area contributed by atoms with E-state index >= 15 is 0 Å². The number of aromatic hydroxyl groups is 4. The van der Waals surface area contributed by atoms with Crippen molar-refractivity contribution >= 4 is 0 Å². The molecule has 0 radical (unpaired) electrons. The van der Waals surface area contributed by atoms with Crippen LogP contribution in [0.5, 0.6) is 23.0 Å². The Morgan fingerprint density at radius 3 is 0.425 bits per heavy atom. The molecule has 10 aromatic rings. The molecular weight excluding hydrogens is 1620 g/mol. The van der Waals surface area contributed by atoms with Crippen molar-refractivity contribution in [1.29, 1.82) is 0 Å². The summed E-state index contributed by atoms with van der Waals surface area (Å²) in [5.74, 6) is 1.68. The Hall–Kier alpha value is -7.77. The molecule has 0 fully saturated rings. The zero-order valence-corrected chi connectivity index (χ0v) is 84.3. The molecule has 0 unspecified atom stereocenters. The number of hydrogen-bond donors (Lipinski definition) is 4. The smallest absolute Gasteiger partial charge is 0.507 e. The van der Waals surface area contributed by atoms with E-state index in [4.69, 9.17) is 0 Å². The van der Waals surface area contributed by atoms with Gasteiger partial charge in [0.1, 0.15) is 23.0 Å². The third-order valence-electron chi connectivity index (χ3n) is 20.0. The van der Waals surface area contributed by atoms with Gasteiger partial charge < -0.3 is 40.0 Å². The SMILES string of the molecule is CN(CCN(C)Cc1cc(C(C)(C)C)cc(C(C)(C)C)c1O)Cc1cc(C(C)(C)C)cc(C(C)(C)C)c1O.CN(CCN(C)Cc1cc(C(C)(C)C)cc(C(C)(C)C)c1O)Cc1cc(C(C)(C)C)cc(C(C)(C)C)c1O.[CH2-]c1ccccc1.[CH2-]c1ccccc1.[CH2-]c1ccccc1.[CH2-]c1ccccc1.[CH2-]c1ccccc1.[CH2-]c1ccccc1.[Zr+4].[Zr+4]. The van der Waals surface area contributed by atoms with Crippen molar-refractivity contribution in [2.75, 3.05) is 54.4 Å². The van der Waals surface area contributed by atoms with Crippen LogP contribution < -0.4 is 0 Å². The summed E-state index contributed by atoms with van der Waals surface area (Å²) in [5, 5.41) is 44.7. The predicted molar refractivity (Wildman–Crippen MR) is 513 cm³/mol. The van der Waals surface area contributed by atoms with Crippen LogP contribution in [-0.2, 0) is 122 Å². The summed E-state index contributed by atoms with van der Waals surface area (Å²) in [6, 6.07) is 76.7. The van der Waals surface area contributed by atoms with Gasteiger partial charge in [0, 0.05) is 74.6 Å². The van der Waals surface area contributed by atoms with Gasteiger partial charge in [-0.05, 0) is 116 Å². The Labute approximate surface area is 771 Å². The van der Waals surface area contributed by atoms with Crippen LogP contribution in [-0.4, -0.2) is 94.4 Å². The summed E-state index contributed by atoms with van der Waals surface area (Å²) in [4.78, 5) is 9.10. The number of phenols is 4. The van der Waals surface area contributed by atoms with Gasteiger partial charge in [0.25, 0.3) is 0 Å². The van der Waals surface area contributed by atoms with Crippen LogP contribution in [0.15, 0.2) is 231 Å². The Morgan fingerprint density at radius 1 is 0.208 bits per heavy atom. The van der Waals surface area contributed by atoms with E-state index in [-0.39, 0.29) is 95.7 Å². The van der Waals surface area contributed by atoms with Crippen molar-refractivity contribution in [3.63, 3.8) is 0 Å².